The van der Waals surface area contributed by atoms with Gasteiger partial charge >= 0.3 is 0 Å². The summed E-state index contributed by atoms with van der Waals surface area (Å²) in [5.74, 6) is 0.865. The summed E-state index contributed by atoms with van der Waals surface area (Å²) in [6.45, 7) is 4.26. The number of thioether (sulfide) groups is 1. The van der Waals surface area contributed by atoms with Crippen molar-refractivity contribution in [3.63, 3.8) is 0 Å². The number of hydrogen-bond acceptors (Lipinski definition) is 3. The van der Waals surface area contributed by atoms with Gasteiger partial charge in [-0.2, -0.15) is 0 Å². The molecule has 0 aliphatic carbocycles. The molecule has 20 heavy (non-hydrogen) atoms. The van der Waals surface area contributed by atoms with Gasteiger partial charge in [0.25, 0.3) is 0 Å². The van der Waals surface area contributed by atoms with Crippen molar-refractivity contribution < 1.29 is 4.79 Å². The Bertz CT molecular complexity index is 451. The van der Waals surface area contributed by atoms with E-state index in [4.69, 9.17) is 0 Å². The van der Waals surface area contributed by atoms with Crippen molar-refractivity contribution in [2.45, 2.75) is 30.2 Å². The summed E-state index contributed by atoms with van der Waals surface area (Å²) in [6.07, 6.45) is 3.68. The minimum Gasteiger partial charge on any atom is -0.340 e. The zero-order chi connectivity index (χ0) is 13.8. The van der Waals surface area contributed by atoms with Crippen LogP contribution in [0, 0.1) is 0 Å². The lowest BCUT2D eigenvalue weighted by Crippen LogP contribution is -2.40. The summed E-state index contributed by atoms with van der Waals surface area (Å²) in [4.78, 5) is 18.2. The summed E-state index contributed by atoms with van der Waals surface area (Å²) in [5.41, 5.74) is 0. The molecular formula is C16H22N2OS. The molecule has 0 N–H and O–H groups in total. The third-order valence-corrected chi connectivity index (χ3v) is 5.26. The van der Waals surface area contributed by atoms with E-state index in [-0.39, 0.29) is 0 Å². The lowest BCUT2D eigenvalue weighted by atomic mass is 10.2. The van der Waals surface area contributed by atoms with Crippen LogP contribution in [0.1, 0.15) is 19.3 Å². The summed E-state index contributed by atoms with van der Waals surface area (Å²) in [6, 6.07) is 10.8. The molecule has 0 saturated carbocycles. The van der Waals surface area contributed by atoms with Gasteiger partial charge in [0, 0.05) is 30.6 Å². The van der Waals surface area contributed by atoms with Gasteiger partial charge in [0.1, 0.15) is 0 Å². The highest BCUT2D eigenvalue weighted by Crippen LogP contribution is 2.23. The Morgan fingerprint density at radius 3 is 2.80 bits per heavy atom. The van der Waals surface area contributed by atoms with E-state index >= 15 is 0 Å². The van der Waals surface area contributed by atoms with Gasteiger partial charge in [-0.15, -0.1) is 11.8 Å². The molecule has 2 aliphatic rings. The van der Waals surface area contributed by atoms with Crippen LogP contribution in [-0.2, 0) is 4.79 Å². The molecule has 0 unspecified atom stereocenters. The van der Waals surface area contributed by atoms with Gasteiger partial charge in [-0.25, -0.2) is 0 Å². The molecule has 3 rings (SSSR count). The first-order valence-corrected chi connectivity index (χ1v) is 8.51. The average molecular weight is 290 g/mol. The Kier molecular flexibility index (Phi) is 4.63. The molecule has 2 heterocycles. The number of fused-ring (bicyclic) bond motifs is 1. The highest BCUT2D eigenvalue weighted by Gasteiger charge is 2.30. The normalized spacial score (nSPS) is 23.4. The first kappa shape index (κ1) is 14.0. The molecule has 0 radical (unpaired) electrons. The summed E-state index contributed by atoms with van der Waals surface area (Å²) < 4.78 is 0. The van der Waals surface area contributed by atoms with E-state index in [1.807, 2.05) is 18.2 Å². The molecule has 3 nitrogen and oxygen atoms in total. The summed E-state index contributed by atoms with van der Waals surface area (Å²) >= 11 is 1.65. The summed E-state index contributed by atoms with van der Waals surface area (Å²) in [5, 5.41) is 0. The SMILES string of the molecule is O=C(CSc1ccccc1)N1CCCN2CCC[C@H]2C1. The fourth-order valence-corrected chi connectivity index (χ4v) is 4.01. The molecule has 108 valence electrons. The van der Waals surface area contributed by atoms with E-state index in [0.717, 1.165) is 19.5 Å². The Balaban J connectivity index is 1.54. The zero-order valence-electron chi connectivity index (χ0n) is 11.8. The molecule has 0 aromatic heterocycles. The Labute approximate surface area is 125 Å². The second kappa shape index (κ2) is 6.64. The van der Waals surface area contributed by atoms with Crippen molar-refractivity contribution in [3.8, 4) is 0 Å². The van der Waals surface area contributed by atoms with Crippen LogP contribution < -0.4 is 0 Å². The van der Waals surface area contributed by atoms with Crippen LogP contribution in [0.2, 0.25) is 0 Å². The molecule has 0 spiro atoms. The predicted molar refractivity (Wildman–Crippen MR) is 83.0 cm³/mol. The van der Waals surface area contributed by atoms with E-state index in [2.05, 4.69) is 21.9 Å². The van der Waals surface area contributed by atoms with Gasteiger partial charge in [0.05, 0.1) is 5.75 Å². The van der Waals surface area contributed by atoms with Crippen LogP contribution in [0.4, 0.5) is 0 Å². The van der Waals surface area contributed by atoms with Gasteiger partial charge in [0.15, 0.2) is 0 Å². The van der Waals surface area contributed by atoms with Gasteiger partial charge < -0.3 is 4.90 Å². The quantitative estimate of drug-likeness (QED) is 0.799. The maximum Gasteiger partial charge on any atom is 0.232 e. The predicted octanol–water partition coefficient (Wildman–Crippen LogP) is 2.48. The Morgan fingerprint density at radius 1 is 1.15 bits per heavy atom. The molecule has 0 bridgehead atoms. The Hall–Kier alpha value is -1.00. The van der Waals surface area contributed by atoms with E-state index in [1.165, 1.54) is 30.8 Å². The lowest BCUT2D eigenvalue weighted by molar-refractivity contribution is -0.128. The maximum absolute atomic E-state index is 12.4. The largest absolute Gasteiger partial charge is 0.340 e. The van der Waals surface area contributed by atoms with Crippen molar-refractivity contribution in [2.75, 3.05) is 31.9 Å². The molecule has 1 aromatic carbocycles. The molecule has 1 atom stereocenters. The number of carbonyl (C=O) groups excluding carboxylic acids is 1. The van der Waals surface area contributed by atoms with E-state index in [0.29, 0.717) is 17.7 Å². The van der Waals surface area contributed by atoms with Crippen LogP contribution in [0.5, 0.6) is 0 Å². The molecule has 2 fully saturated rings. The molecule has 1 aromatic rings. The monoisotopic (exact) mass is 290 g/mol. The van der Waals surface area contributed by atoms with Crippen LogP contribution >= 0.6 is 11.8 Å². The smallest absolute Gasteiger partial charge is 0.232 e. The van der Waals surface area contributed by atoms with Crippen molar-refractivity contribution in [2.24, 2.45) is 0 Å². The topological polar surface area (TPSA) is 23.6 Å². The fourth-order valence-electron chi connectivity index (χ4n) is 3.19. The molecule has 2 aliphatic heterocycles. The summed E-state index contributed by atoms with van der Waals surface area (Å²) in [7, 11) is 0. The first-order valence-electron chi connectivity index (χ1n) is 7.52. The van der Waals surface area contributed by atoms with Crippen molar-refractivity contribution >= 4 is 17.7 Å². The minimum absolute atomic E-state index is 0.299. The average Bonchev–Trinajstić information content (AvgIpc) is 2.83. The maximum atomic E-state index is 12.4. The molecule has 1 amide bonds. The van der Waals surface area contributed by atoms with Gasteiger partial charge in [-0.1, -0.05) is 18.2 Å². The second-order valence-corrected chi connectivity index (χ2v) is 6.68. The van der Waals surface area contributed by atoms with Crippen LogP contribution in [0.3, 0.4) is 0 Å². The highest BCUT2D eigenvalue weighted by atomic mass is 32.2. The van der Waals surface area contributed by atoms with Gasteiger partial charge in [-0.3, -0.25) is 9.69 Å². The number of nitrogens with zero attached hydrogens (tertiary/aromatic N) is 2. The van der Waals surface area contributed by atoms with Crippen molar-refractivity contribution in [1.82, 2.24) is 9.80 Å². The minimum atomic E-state index is 0.299. The molecule has 4 heteroatoms. The lowest BCUT2D eigenvalue weighted by Gasteiger charge is -2.25. The van der Waals surface area contributed by atoms with E-state index in [9.17, 15) is 4.79 Å². The van der Waals surface area contributed by atoms with Gasteiger partial charge in [0.2, 0.25) is 5.91 Å². The molecular weight excluding hydrogens is 268 g/mol. The first-order chi connectivity index (χ1) is 9.83. The number of hydrogen-bond donors (Lipinski definition) is 0. The number of rotatable bonds is 3. The number of amides is 1. The van der Waals surface area contributed by atoms with E-state index < -0.39 is 0 Å². The molecule has 2 saturated heterocycles. The third-order valence-electron chi connectivity index (χ3n) is 4.26. The second-order valence-electron chi connectivity index (χ2n) is 5.63. The highest BCUT2D eigenvalue weighted by molar-refractivity contribution is 8.00. The Morgan fingerprint density at radius 2 is 1.95 bits per heavy atom. The number of carbonyl (C=O) groups is 1. The van der Waals surface area contributed by atoms with Crippen molar-refractivity contribution in [3.05, 3.63) is 30.3 Å². The van der Waals surface area contributed by atoms with E-state index in [1.54, 1.807) is 11.8 Å². The number of benzene rings is 1. The zero-order valence-corrected chi connectivity index (χ0v) is 12.6. The van der Waals surface area contributed by atoms with Crippen LogP contribution in [0.15, 0.2) is 35.2 Å². The van der Waals surface area contributed by atoms with Crippen LogP contribution in [-0.4, -0.2) is 53.7 Å². The van der Waals surface area contributed by atoms with Gasteiger partial charge in [-0.05, 0) is 37.9 Å². The van der Waals surface area contributed by atoms with Crippen LogP contribution in [0.25, 0.3) is 0 Å². The third kappa shape index (κ3) is 3.36. The van der Waals surface area contributed by atoms with Crippen molar-refractivity contribution in [1.29, 1.82) is 0 Å². The standard InChI is InChI=1S/C16H22N2OS/c19-16(13-20-15-7-2-1-3-8-15)18-11-5-10-17-9-4-6-14(17)12-18/h1-3,7-8,14H,4-6,9-13H2/t14-/m0/s1. The fraction of sp³-hybridized carbons (Fsp3) is 0.562.